The molecule has 1 saturated heterocycles. The molecule has 1 aliphatic carbocycles. The molecular formula is C26H38N4O5. The molecule has 3 rings (SSSR count). The fraction of sp³-hybridized carbons (Fsp3) is 0.615. The number of ether oxygens (including phenoxy) is 1. The van der Waals surface area contributed by atoms with Crippen LogP contribution in [0.15, 0.2) is 24.3 Å². The topological polar surface area (TPSA) is 108 Å². The number of nitrogens with one attached hydrogen (secondary N) is 2. The van der Waals surface area contributed by atoms with Crippen LogP contribution in [-0.2, 0) is 25.6 Å². The summed E-state index contributed by atoms with van der Waals surface area (Å²) in [5.74, 6) is 0.104. The number of likely N-dealkylation sites (N-methyl/N-ethyl adjacent to an activating group) is 1. The molecule has 0 aromatic heterocycles. The molecule has 1 heterocycles. The van der Waals surface area contributed by atoms with E-state index in [1.165, 1.54) is 4.90 Å². The van der Waals surface area contributed by atoms with Crippen LogP contribution in [-0.4, -0.2) is 79.3 Å². The molecule has 2 N–H and O–H groups in total. The van der Waals surface area contributed by atoms with Crippen molar-refractivity contribution in [1.29, 1.82) is 0 Å². The third-order valence-corrected chi connectivity index (χ3v) is 7.04. The molecule has 4 amide bonds. The van der Waals surface area contributed by atoms with E-state index in [-0.39, 0.29) is 36.0 Å². The number of benzene rings is 1. The van der Waals surface area contributed by atoms with Crippen molar-refractivity contribution in [3.8, 4) is 5.75 Å². The van der Waals surface area contributed by atoms with Crippen molar-refractivity contribution >= 4 is 23.6 Å². The summed E-state index contributed by atoms with van der Waals surface area (Å²) in [6.07, 6.45) is 4.58. The molecule has 192 valence electrons. The van der Waals surface area contributed by atoms with E-state index in [1.54, 1.807) is 21.1 Å². The number of carbonyl (C=O) groups excluding carboxylic acids is 4. The molecule has 9 nitrogen and oxygen atoms in total. The Morgan fingerprint density at radius 1 is 1.06 bits per heavy atom. The van der Waals surface area contributed by atoms with E-state index in [4.69, 9.17) is 4.74 Å². The van der Waals surface area contributed by atoms with Crippen molar-refractivity contribution in [3.05, 3.63) is 29.8 Å². The summed E-state index contributed by atoms with van der Waals surface area (Å²) >= 11 is 0. The third-order valence-electron chi connectivity index (χ3n) is 7.04. The van der Waals surface area contributed by atoms with Crippen molar-refractivity contribution in [2.45, 2.75) is 64.0 Å². The molecule has 0 radical (unpaired) electrons. The smallest absolute Gasteiger partial charge is 0.245 e. The second-order valence-electron chi connectivity index (χ2n) is 9.50. The summed E-state index contributed by atoms with van der Waals surface area (Å²) < 4.78 is 5.20. The summed E-state index contributed by atoms with van der Waals surface area (Å²) in [5, 5.41) is 5.76. The average Bonchev–Trinajstić information content (AvgIpc) is 2.82. The molecule has 0 bridgehead atoms. The van der Waals surface area contributed by atoms with E-state index in [9.17, 15) is 19.2 Å². The van der Waals surface area contributed by atoms with E-state index in [1.807, 2.05) is 29.2 Å². The summed E-state index contributed by atoms with van der Waals surface area (Å²) in [7, 11) is 3.16. The lowest BCUT2D eigenvalue weighted by Gasteiger charge is -2.32. The maximum absolute atomic E-state index is 13.3. The Morgan fingerprint density at radius 3 is 2.37 bits per heavy atom. The van der Waals surface area contributed by atoms with E-state index in [0.29, 0.717) is 44.6 Å². The molecule has 1 saturated carbocycles. The van der Waals surface area contributed by atoms with Crippen LogP contribution in [0, 0.1) is 5.92 Å². The van der Waals surface area contributed by atoms with Crippen LogP contribution in [0.3, 0.4) is 0 Å². The van der Waals surface area contributed by atoms with Crippen molar-refractivity contribution in [1.82, 2.24) is 20.4 Å². The Balaban J connectivity index is 1.75. The molecule has 1 aliphatic heterocycles. The Hall–Kier alpha value is -3.10. The highest BCUT2D eigenvalue weighted by molar-refractivity contribution is 5.92. The summed E-state index contributed by atoms with van der Waals surface area (Å²) in [4.78, 5) is 54.9. The lowest BCUT2D eigenvalue weighted by atomic mass is 9.84. The van der Waals surface area contributed by atoms with Crippen molar-refractivity contribution in [2.75, 3.05) is 33.8 Å². The fourth-order valence-electron chi connectivity index (χ4n) is 4.38. The van der Waals surface area contributed by atoms with Crippen LogP contribution < -0.4 is 15.4 Å². The minimum Gasteiger partial charge on any atom is -0.497 e. The van der Waals surface area contributed by atoms with Gasteiger partial charge in [-0.25, -0.2) is 0 Å². The van der Waals surface area contributed by atoms with Gasteiger partial charge < -0.3 is 25.2 Å². The first-order valence-corrected chi connectivity index (χ1v) is 12.6. The van der Waals surface area contributed by atoms with Gasteiger partial charge in [0.1, 0.15) is 17.8 Å². The molecule has 0 unspecified atom stereocenters. The van der Waals surface area contributed by atoms with Gasteiger partial charge in [0, 0.05) is 45.4 Å². The van der Waals surface area contributed by atoms with E-state index in [2.05, 4.69) is 10.6 Å². The Kier molecular flexibility index (Phi) is 9.51. The summed E-state index contributed by atoms with van der Waals surface area (Å²) in [6, 6.07) is 5.81. The Morgan fingerprint density at radius 2 is 1.74 bits per heavy atom. The largest absolute Gasteiger partial charge is 0.497 e. The quantitative estimate of drug-likeness (QED) is 0.671. The molecule has 0 spiro atoms. The number of amides is 4. The first-order chi connectivity index (χ1) is 16.8. The number of nitrogens with zero attached hydrogens (tertiary/aromatic N) is 2. The standard InChI is InChI=1S/C26H38N4O5/c1-18-24(32)27-14-6-16-30(25(33)20-7-4-8-20)15-5-9-23(31)28-22(26(34)29(18)2)17-19-10-12-21(35-3)13-11-19/h10-13,18,20,22H,4-9,14-17H2,1-3H3,(H,27,32)(H,28,31)/t18-,22-/m0/s1. The first kappa shape index (κ1) is 26.5. The Labute approximate surface area is 207 Å². The third kappa shape index (κ3) is 7.19. The van der Waals surface area contributed by atoms with Gasteiger partial charge in [-0.1, -0.05) is 18.6 Å². The summed E-state index contributed by atoms with van der Waals surface area (Å²) in [6.45, 7) is 3.13. The minimum absolute atomic E-state index is 0.0840. The van der Waals surface area contributed by atoms with E-state index < -0.39 is 12.1 Å². The second kappa shape index (κ2) is 12.6. The number of rotatable bonds is 4. The molecule has 2 fully saturated rings. The first-order valence-electron chi connectivity index (χ1n) is 12.6. The zero-order valence-electron chi connectivity index (χ0n) is 21.0. The van der Waals surface area contributed by atoms with Crippen LogP contribution in [0.25, 0.3) is 0 Å². The average molecular weight is 487 g/mol. The van der Waals surface area contributed by atoms with Gasteiger partial charge in [-0.3, -0.25) is 19.2 Å². The number of methoxy groups -OCH3 is 1. The predicted molar refractivity (Wildman–Crippen MR) is 132 cm³/mol. The highest BCUT2D eigenvalue weighted by Gasteiger charge is 2.31. The van der Waals surface area contributed by atoms with Crippen LogP contribution in [0.5, 0.6) is 5.75 Å². The van der Waals surface area contributed by atoms with Crippen LogP contribution in [0.1, 0.15) is 51.0 Å². The molecule has 35 heavy (non-hydrogen) atoms. The lowest BCUT2D eigenvalue weighted by Crippen LogP contribution is -2.54. The zero-order chi connectivity index (χ0) is 25.4. The zero-order valence-corrected chi connectivity index (χ0v) is 21.0. The molecule has 2 atom stereocenters. The van der Waals surface area contributed by atoms with Gasteiger partial charge in [-0.2, -0.15) is 0 Å². The van der Waals surface area contributed by atoms with Crippen LogP contribution in [0.4, 0.5) is 0 Å². The van der Waals surface area contributed by atoms with Gasteiger partial charge in [0.05, 0.1) is 7.11 Å². The minimum atomic E-state index is -0.811. The number of hydrogen-bond donors (Lipinski definition) is 2. The van der Waals surface area contributed by atoms with Gasteiger partial charge in [-0.05, 0) is 50.3 Å². The monoisotopic (exact) mass is 486 g/mol. The summed E-state index contributed by atoms with van der Waals surface area (Å²) in [5.41, 5.74) is 0.866. The van der Waals surface area contributed by atoms with Crippen LogP contribution >= 0.6 is 0 Å². The lowest BCUT2D eigenvalue weighted by molar-refractivity contribution is -0.141. The number of hydrogen-bond acceptors (Lipinski definition) is 5. The van der Waals surface area contributed by atoms with Gasteiger partial charge in [0.25, 0.3) is 0 Å². The highest BCUT2D eigenvalue weighted by Crippen LogP contribution is 2.28. The second-order valence-corrected chi connectivity index (χ2v) is 9.50. The highest BCUT2D eigenvalue weighted by atomic mass is 16.5. The molecular weight excluding hydrogens is 448 g/mol. The predicted octanol–water partition coefficient (Wildman–Crippen LogP) is 1.50. The van der Waals surface area contributed by atoms with Gasteiger partial charge in [0.15, 0.2) is 0 Å². The van der Waals surface area contributed by atoms with E-state index in [0.717, 1.165) is 24.8 Å². The molecule has 1 aromatic carbocycles. The van der Waals surface area contributed by atoms with Gasteiger partial charge in [-0.15, -0.1) is 0 Å². The van der Waals surface area contributed by atoms with Crippen molar-refractivity contribution < 1.29 is 23.9 Å². The molecule has 2 aliphatic rings. The van der Waals surface area contributed by atoms with Crippen molar-refractivity contribution in [3.63, 3.8) is 0 Å². The Bertz CT molecular complexity index is 900. The fourth-order valence-corrected chi connectivity index (χ4v) is 4.38. The maximum Gasteiger partial charge on any atom is 0.245 e. The van der Waals surface area contributed by atoms with Gasteiger partial charge in [0.2, 0.25) is 23.6 Å². The molecule has 9 heteroatoms. The van der Waals surface area contributed by atoms with Crippen LogP contribution in [0.2, 0.25) is 0 Å². The van der Waals surface area contributed by atoms with E-state index >= 15 is 0 Å². The maximum atomic E-state index is 13.3. The SMILES string of the molecule is COc1ccc(C[C@@H]2NC(=O)CCCN(C(=O)C3CCC3)CCCNC(=O)[C@H](C)N(C)C2=O)cc1. The van der Waals surface area contributed by atoms with Gasteiger partial charge >= 0.3 is 0 Å². The molecule has 1 aromatic rings. The van der Waals surface area contributed by atoms with Crippen molar-refractivity contribution in [2.24, 2.45) is 5.92 Å². The normalized spacial score (nSPS) is 23.5. The number of carbonyl (C=O) groups is 4.